The van der Waals surface area contributed by atoms with E-state index in [-0.39, 0.29) is 12.0 Å². The second-order valence-corrected chi connectivity index (χ2v) is 13.7. The topological polar surface area (TPSA) is 77.8 Å². The molecule has 0 saturated heterocycles. The van der Waals surface area contributed by atoms with Gasteiger partial charge >= 0.3 is 0 Å². The van der Waals surface area contributed by atoms with Crippen molar-refractivity contribution in [1.29, 1.82) is 5.41 Å². The highest BCUT2D eigenvalue weighted by Crippen LogP contribution is 2.58. The van der Waals surface area contributed by atoms with Gasteiger partial charge in [-0.25, -0.2) is 15.0 Å². The molecule has 0 bridgehead atoms. The van der Waals surface area contributed by atoms with Crippen LogP contribution in [0, 0.1) is 5.41 Å². The Balaban J connectivity index is 1.12. The van der Waals surface area contributed by atoms with Crippen molar-refractivity contribution in [3.05, 3.63) is 192 Å². The molecule has 0 spiro atoms. The molecule has 6 heteroatoms. The van der Waals surface area contributed by atoms with Gasteiger partial charge in [0.05, 0.1) is 6.04 Å². The highest BCUT2D eigenvalue weighted by Gasteiger charge is 2.44. The summed E-state index contributed by atoms with van der Waals surface area (Å²) in [5.74, 6) is 1.92. The van der Waals surface area contributed by atoms with Gasteiger partial charge in [0.15, 0.2) is 17.5 Å². The summed E-state index contributed by atoms with van der Waals surface area (Å²) < 4.78 is 0. The van der Waals surface area contributed by atoms with Crippen molar-refractivity contribution >= 4 is 45.8 Å². The van der Waals surface area contributed by atoms with Crippen LogP contribution in [0.1, 0.15) is 34.2 Å². The van der Waals surface area contributed by atoms with E-state index >= 15 is 0 Å². The Morgan fingerprint density at radius 2 is 1.15 bits per heavy atom. The first kappa shape index (κ1) is 31.5. The molecule has 2 aliphatic rings. The van der Waals surface area contributed by atoms with Crippen LogP contribution >= 0.6 is 0 Å². The summed E-state index contributed by atoms with van der Waals surface area (Å²) in [6.45, 7) is 0. The smallest absolute Gasteiger partial charge is 0.164 e. The number of aromatic nitrogens is 3. The molecule has 256 valence electrons. The minimum Gasteiger partial charge on any atom is -0.355 e. The normalized spacial score (nSPS) is 15.4. The number of fused-ring (bicyclic) bond motifs is 7. The van der Waals surface area contributed by atoms with Crippen LogP contribution in [-0.4, -0.2) is 21.2 Å². The van der Waals surface area contributed by atoms with Gasteiger partial charge in [0.2, 0.25) is 0 Å². The second kappa shape index (κ2) is 13.1. The standard InChI is InChI=1S/C48H34N6/c49-30-40-41(50-36-17-8-3-9-18-36)28-29-42-44(40)39-27-24-32-21-20-31-12-10-11-19-38(31)43(32)45(39)54(42)37-25-22-35(23-26-37)48-52-46(33-13-4-1-5-14-33)51-47(53-48)34-15-6-2-7-16-34/h1-30,39,45,49-50H. The van der Waals surface area contributed by atoms with Gasteiger partial charge in [-0.15, -0.1) is 0 Å². The van der Waals surface area contributed by atoms with Crippen LogP contribution in [0.15, 0.2) is 170 Å². The van der Waals surface area contributed by atoms with Gasteiger partial charge in [-0.3, -0.25) is 0 Å². The third-order valence-corrected chi connectivity index (χ3v) is 10.6. The van der Waals surface area contributed by atoms with Crippen molar-refractivity contribution in [3.63, 3.8) is 0 Å². The number of para-hydroxylation sites is 1. The summed E-state index contributed by atoms with van der Waals surface area (Å²) in [4.78, 5) is 17.3. The first-order valence-corrected chi connectivity index (χ1v) is 18.2. The van der Waals surface area contributed by atoms with E-state index in [0.717, 1.165) is 50.6 Å². The molecule has 0 amide bonds. The van der Waals surface area contributed by atoms with E-state index in [1.54, 1.807) is 0 Å². The summed E-state index contributed by atoms with van der Waals surface area (Å²) in [5, 5.41) is 14.8. The lowest BCUT2D eigenvalue weighted by molar-refractivity contribution is 0.672. The highest BCUT2D eigenvalue weighted by molar-refractivity contribution is 5.98. The molecule has 2 atom stereocenters. The van der Waals surface area contributed by atoms with Gasteiger partial charge in [0, 0.05) is 57.1 Å². The number of hydrogen-bond acceptors (Lipinski definition) is 6. The van der Waals surface area contributed by atoms with E-state index in [4.69, 9.17) is 20.4 Å². The molecule has 0 saturated carbocycles. The van der Waals surface area contributed by atoms with Crippen LogP contribution in [0.3, 0.4) is 0 Å². The summed E-state index contributed by atoms with van der Waals surface area (Å²) in [5.41, 5.74) is 11.4. The first-order chi connectivity index (χ1) is 26.7. The zero-order chi connectivity index (χ0) is 36.0. The van der Waals surface area contributed by atoms with Gasteiger partial charge in [-0.05, 0) is 76.0 Å². The molecule has 1 aromatic heterocycles. The van der Waals surface area contributed by atoms with Gasteiger partial charge in [-0.2, -0.15) is 0 Å². The maximum Gasteiger partial charge on any atom is 0.164 e. The van der Waals surface area contributed by atoms with Crippen LogP contribution in [0.4, 0.5) is 22.7 Å². The first-order valence-electron chi connectivity index (χ1n) is 18.2. The predicted octanol–water partition coefficient (Wildman–Crippen LogP) is 11.8. The van der Waals surface area contributed by atoms with E-state index in [9.17, 15) is 0 Å². The Morgan fingerprint density at radius 3 is 1.80 bits per heavy atom. The molecule has 7 aromatic carbocycles. The highest BCUT2D eigenvalue weighted by atomic mass is 15.2. The monoisotopic (exact) mass is 694 g/mol. The van der Waals surface area contributed by atoms with Gasteiger partial charge in [0.25, 0.3) is 0 Å². The minimum absolute atomic E-state index is 0.0193. The van der Waals surface area contributed by atoms with Crippen molar-refractivity contribution in [1.82, 2.24) is 15.0 Å². The molecule has 2 heterocycles. The molecule has 10 rings (SSSR count). The number of benzene rings is 7. The SMILES string of the molecule is N=Cc1c(Nc2ccccc2)ccc2c1C1C=Cc3ccc4ccccc4c3C1N2c1ccc(-c2nc(-c3ccccc3)nc(-c3ccccc3)n2)cc1. The average Bonchev–Trinajstić information content (AvgIpc) is 3.59. The maximum atomic E-state index is 8.73. The van der Waals surface area contributed by atoms with Crippen LogP contribution in [0.25, 0.3) is 51.0 Å². The average molecular weight is 695 g/mol. The number of nitrogens with zero attached hydrogens (tertiary/aromatic N) is 4. The number of rotatable bonds is 7. The van der Waals surface area contributed by atoms with Crippen molar-refractivity contribution in [3.8, 4) is 34.2 Å². The molecule has 1 aliphatic heterocycles. The van der Waals surface area contributed by atoms with Crippen molar-refractivity contribution < 1.29 is 0 Å². The maximum absolute atomic E-state index is 8.73. The number of anilines is 4. The van der Waals surface area contributed by atoms with Crippen LogP contribution in [0.2, 0.25) is 0 Å². The molecular weight excluding hydrogens is 661 g/mol. The van der Waals surface area contributed by atoms with Crippen molar-refractivity contribution in [2.45, 2.75) is 12.0 Å². The fourth-order valence-electron chi connectivity index (χ4n) is 8.11. The zero-order valence-corrected chi connectivity index (χ0v) is 29.3. The molecule has 0 radical (unpaired) electrons. The van der Waals surface area contributed by atoms with E-state index in [2.05, 4.69) is 107 Å². The Morgan fingerprint density at radius 1 is 0.556 bits per heavy atom. The van der Waals surface area contributed by atoms with Crippen LogP contribution in [0.5, 0.6) is 0 Å². The summed E-state index contributed by atoms with van der Waals surface area (Å²) >= 11 is 0. The van der Waals surface area contributed by atoms with Crippen molar-refractivity contribution in [2.75, 3.05) is 10.2 Å². The second-order valence-electron chi connectivity index (χ2n) is 13.7. The van der Waals surface area contributed by atoms with E-state index < -0.39 is 0 Å². The predicted molar refractivity (Wildman–Crippen MR) is 221 cm³/mol. The lowest BCUT2D eigenvalue weighted by atomic mass is 9.79. The fraction of sp³-hybridized carbons (Fsp3) is 0.0417. The van der Waals surface area contributed by atoms with Gasteiger partial charge < -0.3 is 15.6 Å². The quantitative estimate of drug-likeness (QED) is 0.162. The summed E-state index contributed by atoms with van der Waals surface area (Å²) in [6.07, 6.45) is 6.10. The molecule has 2 unspecified atom stereocenters. The molecule has 2 N–H and O–H groups in total. The Bertz CT molecular complexity index is 2650. The Hall–Kier alpha value is -7.18. The largest absolute Gasteiger partial charge is 0.355 e. The Kier molecular flexibility index (Phi) is 7.65. The summed E-state index contributed by atoms with van der Waals surface area (Å²) in [6, 6.07) is 56.3. The zero-order valence-electron chi connectivity index (χ0n) is 29.3. The van der Waals surface area contributed by atoms with E-state index in [1.165, 1.54) is 28.1 Å². The van der Waals surface area contributed by atoms with Gasteiger partial charge in [-0.1, -0.05) is 127 Å². The summed E-state index contributed by atoms with van der Waals surface area (Å²) in [7, 11) is 0. The van der Waals surface area contributed by atoms with Crippen LogP contribution < -0.4 is 10.2 Å². The third-order valence-electron chi connectivity index (χ3n) is 10.6. The number of hydrogen-bond donors (Lipinski definition) is 2. The number of nitrogens with one attached hydrogen (secondary N) is 2. The van der Waals surface area contributed by atoms with E-state index in [1.807, 2.05) is 78.9 Å². The third kappa shape index (κ3) is 5.35. The van der Waals surface area contributed by atoms with Crippen molar-refractivity contribution in [2.24, 2.45) is 0 Å². The molecule has 0 fully saturated rings. The minimum atomic E-state index is -0.0193. The van der Waals surface area contributed by atoms with E-state index in [0.29, 0.717) is 17.5 Å². The lowest BCUT2D eigenvalue weighted by Gasteiger charge is -2.34. The molecule has 54 heavy (non-hydrogen) atoms. The lowest BCUT2D eigenvalue weighted by Crippen LogP contribution is -2.24. The molecule has 1 aliphatic carbocycles. The fourth-order valence-corrected chi connectivity index (χ4v) is 8.11. The molecule has 8 aromatic rings. The Labute approximate surface area is 313 Å². The molecular formula is C48H34N6. The molecule has 6 nitrogen and oxygen atoms in total. The van der Waals surface area contributed by atoms with Gasteiger partial charge in [0.1, 0.15) is 0 Å². The van der Waals surface area contributed by atoms with Crippen LogP contribution in [-0.2, 0) is 0 Å².